The summed E-state index contributed by atoms with van der Waals surface area (Å²) in [5, 5.41) is 21.5. The molecule has 2 amide bonds. The molecule has 0 radical (unpaired) electrons. The van der Waals surface area contributed by atoms with Gasteiger partial charge in [0.15, 0.2) is 0 Å². The maximum absolute atomic E-state index is 12.4. The van der Waals surface area contributed by atoms with E-state index >= 15 is 0 Å². The maximum atomic E-state index is 12.4. The van der Waals surface area contributed by atoms with E-state index in [2.05, 4.69) is 11.4 Å². The molecule has 0 unspecified atom stereocenters. The third kappa shape index (κ3) is 3.59. The molecule has 1 aliphatic rings. The molecule has 1 fully saturated rings. The fourth-order valence-corrected chi connectivity index (χ4v) is 2.95. The van der Waals surface area contributed by atoms with Crippen LogP contribution in [0.15, 0.2) is 48.5 Å². The van der Waals surface area contributed by atoms with Crippen LogP contribution in [0.3, 0.4) is 0 Å². The van der Waals surface area contributed by atoms with Crippen LogP contribution in [0.4, 0.5) is 16.2 Å². The third-order valence-corrected chi connectivity index (χ3v) is 4.33. The van der Waals surface area contributed by atoms with Crippen LogP contribution in [-0.2, 0) is 0 Å². The van der Waals surface area contributed by atoms with Gasteiger partial charge in [0.2, 0.25) is 0 Å². The summed E-state index contributed by atoms with van der Waals surface area (Å²) in [6, 6.07) is 16.2. The van der Waals surface area contributed by atoms with Gasteiger partial charge in [0.25, 0.3) is 5.91 Å². The molecule has 1 saturated heterocycles. The Morgan fingerprint density at radius 3 is 2.31 bits per heavy atom. The third-order valence-electron chi connectivity index (χ3n) is 4.33. The minimum Gasteiger partial charge on any atom is -0.465 e. The number of carbonyl (C=O) groups excluding carboxylic acids is 1. The Labute approximate surface area is 151 Å². The first-order valence-electron chi connectivity index (χ1n) is 8.22. The van der Waals surface area contributed by atoms with Gasteiger partial charge in [0.1, 0.15) is 6.07 Å². The van der Waals surface area contributed by atoms with Crippen LogP contribution in [0.25, 0.3) is 0 Å². The first-order valence-corrected chi connectivity index (χ1v) is 8.22. The number of nitrogens with zero attached hydrogens (tertiary/aromatic N) is 3. The predicted octanol–water partition coefficient (Wildman–Crippen LogP) is 2.61. The zero-order valence-electron chi connectivity index (χ0n) is 14.1. The number of benzene rings is 2. The van der Waals surface area contributed by atoms with Crippen molar-refractivity contribution in [1.82, 2.24) is 4.90 Å². The Balaban J connectivity index is 1.81. The van der Waals surface area contributed by atoms with E-state index in [4.69, 9.17) is 5.11 Å². The largest absolute Gasteiger partial charge is 0.465 e. The quantitative estimate of drug-likeness (QED) is 0.887. The van der Waals surface area contributed by atoms with Crippen LogP contribution in [0, 0.1) is 11.3 Å². The number of carbonyl (C=O) groups is 2. The van der Waals surface area contributed by atoms with E-state index in [9.17, 15) is 14.9 Å². The van der Waals surface area contributed by atoms with Crippen LogP contribution >= 0.6 is 0 Å². The molecule has 1 heterocycles. The molecule has 2 N–H and O–H groups in total. The zero-order valence-corrected chi connectivity index (χ0v) is 14.1. The van der Waals surface area contributed by atoms with E-state index < -0.39 is 6.09 Å². The number of amides is 2. The van der Waals surface area contributed by atoms with Crippen molar-refractivity contribution in [3.8, 4) is 6.07 Å². The molecular formula is C19H18N4O3. The standard InChI is InChI=1S/C19H18N4O3/c20-13-15-16(21-18(24)14-5-2-1-3-6-14)7-4-8-17(15)22-9-11-23(12-10-22)19(25)26/h1-8H,9-12H2,(H,21,24)(H,25,26). The lowest BCUT2D eigenvalue weighted by Crippen LogP contribution is -2.48. The summed E-state index contributed by atoms with van der Waals surface area (Å²) in [4.78, 5) is 26.7. The normalized spacial score (nSPS) is 13.8. The summed E-state index contributed by atoms with van der Waals surface area (Å²) < 4.78 is 0. The van der Waals surface area contributed by atoms with Crippen molar-refractivity contribution in [1.29, 1.82) is 5.26 Å². The van der Waals surface area contributed by atoms with Gasteiger partial charge in [-0.05, 0) is 24.3 Å². The van der Waals surface area contributed by atoms with Crippen LogP contribution in [0.2, 0.25) is 0 Å². The van der Waals surface area contributed by atoms with Gasteiger partial charge in [0, 0.05) is 31.7 Å². The van der Waals surface area contributed by atoms with Crippen molar-refractivity contribution in [2.24, 2.45) is 0 Å². The highest BCUT2D eigenvalue weighted by Gasteiger charge is 2.23. The molecule has 0 saturated carbocycles. The number of hydrogen-bond acceptors (Lipinski definition) is 4. The second kappa shape index (κ2) is 7.57. The van der Waals surface area contributed by atoms with Crippen LogP contribution in [0.5, 0.6) is 0 Å². The molecule has 3 rings (SSSR count). The molecule has 0 aliphatic carbocycles. The topological polar surface area (TPSA) is 96.7 Å². The fourth-order valence-electron chi connectivity index (χ4n) is 2.95. The SMILES string of the molecule is N#Cc1c(NC(=O)c2ccccc2)cccc1N1CCN(C(=O)O)CC1. The molecule has 0 aromatic heterocycles. The molecule has 7 nitrogen and oxygen atoms in total. The van der Waals surface area contributed by atoms with E-state index in [1.165, 1.54) is 4.90 Å². The van der Waals surface area contributed by atoms with Crippen molar-refractivity contribution in [2.45, 2.75) is 0 Å². The Kier molecular flexibility index (Phi) is 5.04. The average molecular weight is 350 g/mol. The monoisotopic (exact) mass is 350 g/mol. The predicted molar refractivity (Wildman–Crippen MR) is 97.4 cm³/mol. The molecule has 2 aromatic carbocycles. The van der Waals surface area contributed by atoms with Gasteiger partial charge in [-0.2, -0.15) is 5.26 Å². The van der Waals surface area contributed by atoms with Crippen molar-refractivity contribution in [3.63, 3.8) is 0 Å². The first-order chi connectivity index (χ1) is 12.6. The van der Waals surface area contributed by atoms with Crippen molar-refractivity contribution in [3.05, 3.63) is 59.7 Å². The highest BCUT2D eigenvalue weighted by atomic mass is 16.4. The molecule has 7 heteroatoms. The summed E-state index contributed by atoms with van der Waals surface area (Å²) in [6.45, 7) is 1.75. The summed E-state index contributed by atoms with van der Waals surface area (Å²) in [5.41, 5.74) is 2.03. The molecule has 0 spiro atoms. The van der Waals surface area contributed by atoms with Gasteiger partial charge in [-0.1, -0.05) is 24.3 Å². The summed E-state index contributed by atoms with van der Waals surface area (Å²) in [6.07, 6.45) is -0.936. The molecule has 2 aromatic rings. The molecule has 0 atom stereocenters. The van der Waals surface area contributed by atoms with E-state index in [1.807, 2.05) is 17.0 Å². The number of hydrogen-bond donors (Lipinski definition) is 2. The van der Waals surface area contributed by atoms with E-state index in [0.29, 0.717) is 48.7 Å². The fraction of sp³-hybridized carbons (Fsp3) is 0.211. The Bertz CT molecular complexity index is 853. The lowest BCUT2D eigenvalue weighted by atomic mass is 10.1. The molecule has 132 valence electrons. The lowest BCUT2D eigenvalue weighted by Gasteiger charge is -2.35. The number of carboxylic acid groups (broad SMARTS) is 1. The highest BCUT2D eigenvalue weighted by molar-refractivity contribution is 6.05. The lowest BCUT2D eigenvalue weighted by molar-refractivity contribution is 0.102. The number of piperazine rings is 1. The highest BCUT2D eigenvalue weighted by Crippen LogP contribution is 2.28. The van der Waals surface area contributed by atoms with Crippen LogP contribution in [0.1, 0.15) is 15.9 Å². The number of anilines is 2. The summed E-state index contributed by atoms with van der Waals surface area (Å²) >= 11 is 0. The van der Waals surface area contributed by atoms with Crippen LogP contribution < -0.4 is 10.2 Å². The van der Waals surface area contributed by atoms with Gasteiger partial charge in [0.05, 0.1) is 16.9 Å². The second-order valence-corrected chi connectivity index (χ2v) is 5.89. The van der Waals surface area contributed by atoms with E-state index in [1.54, 1.807) is 36.4 Å². The summed E-state index contributed by atoms with van der Waals surface area (Å²) in [7, 11) is 0. The molecular weight excluding hydrogens is 332 g/mol. The number of nitrogens with one attached hydrogen (secondary N) is 1. The minimum absolute atomic E-state index is 0.282. The smallest absolute Gasteiger partial charge is 0.407 e. The average Bonchev–Trinajstić information content (AvgIpc) is 2.68. The van der Waals surface area contributed by atoms with Gasteiger partial charge >= 0.3 is 6.09 Å². The van der Waals surface area contributed by atoms with Gasteiger partial charge in [-0.3, -0.25) is 4.79 Å². The molecule has 26 heavy (non-hydrogen) atoms. The van der Waals surface area contributed by atoms with Crippen molar-refractivity contribution < 1.29 is 14.7 Å². The number of nitriles is 1. The minimum atomic E-state index is -0.936. The van der Waals surface area contributed by atoms with E-state index in [-0.39, 0.29) is 5.91 Å². The van der Waals surface area contributed by atoms with Crippen molar-refractivity contribution in [2.75, 3.05) is 36.4 Å². The van der Waals surface area contributed by atoms with Gasteiger partial charge in [-0.15, -0.1) is 0 Å². The second-order valence-electron chi connectivity index (χ2n) is 5.89. The number of rotatable bonds is 3. The molecule has 0 bridgehead atoms. The Morgan fingerprint density at radius 2 is 1.69 bits per heavy atom. The maximum Gasteiger partial charge on any atom is 0.407 e. The van der Waals surface area contributed by atoms with Gasteiger partial charge in [-0.25, -0.2) is 4.79 Å². The summed E-state index contributed by atoms with van der Waals surface area (Å²) in [5.74, 6) is -0.282. The molecule has 1 aliphatic heterocycles. The Morgan fingerprint density at radius 1 is 1.00 bits per heavy atom. The van der Waals surface area contributed by atoms with Gasteiger partial charge < -0.3 is 20.2 Å². The first kappa shape index (κ1) is 17.3. The zero-order chi connectivity index (χ0) is 18.5. The van der Waals surface area contributed by atoms with Crippen molar-refractivity contribution >= 4 is 23.4 Å². The van der Waals surface area contributed by atoms with E-state index in [0.717, 1.165) is 0 Å². The van der Waals surface area contributed by atoms with Crippen LogP contribution in [-0.4, -0.2) is 48.2 Å². The Hall–Kier alpha value is -3.53.